The summed E-state index contributed by atoms with van der Waals surface area (Å²) in [7, 11) is -11.0. The zero-order valence-corrected chi connectivity index (χ0v) is 22.4. The molecule has 0 spiro atoms. The van der Waals surface area contributed by atoms with E-state index in [9.17, 15) is 16.8 Å². The quantitative estimate of drug-likeness (QED) is 0.279. The molecule has 0 N–H and O–H groups in total. The van der Waals surface area contributed by atoms with E-state index in [0.717, 1.165) is 21.5 Å². The smallest absolute Gasteiger partial charge is 0.198 e. The highest BCUT2D eigenvalue weighted by Crippen LogP contribution is 2.55. The third-order valence-electron chi connectivity index (χ3n) is 5.98. The largest absolute Gasteiger partial charge is 0.311 e. The molecule has 0 saturated heterocycles. The molecule has 8 heteroatoms. The molecule has 0 aliphatic carbocycles. The van der Waals surface area contributed by atoms with E-state index < -0.39 is 33.3 Å². The molecule has 36 heavy (non-hydrogen) atoms. The zero-order chi connectivity index (χ0) is 25.7. The lowest BCUT2D eigenvalue weighted by Gasteiger charge is -2.27. The Hall–Kier alpha value is -2.83. The fraction of sp³-hybridized carbons (Fsp3) is 0.143. The van der Waals surface area contributed by atoms with E-state index in [2.05, 4.69) is 36.4 Å². The minimum absolute atomic E-state index is 0.184. The highest BCUT2D eigenvalue weighted by Gasteiger charge is 2.45. The molecule has 5 nitrogen and oxygen atoms in total. The lowest BCUT2D eigenvalue weighted by molar-refractivity contribution is 0.461. The van der Waals surface area contributed by atoms with Crippen LogP contribution in [0.15, 0.2) is 120 Å². The Kier molecular flexibility index (Phi) is 8.06. The van der Waals surface area contributed by atoms with Crippen molar-refractivity contribution in [1.82, 2.24) is 0 Å². The van der Waals surface area contributed by atoms with Crippen molar-refractivity contribution < 1.29 is 20.5 Å². The van der Waals surface area contributed by atoms with E-state index in [0.29, 0.717) is 6.16 Å². The second kappa shape index (κ2) is 11.1. The molecule has 0 aliphatic heterocycles. The Balaban J connectivity index is 1.65. The van der Waals surface area contributed by atoms with Crippen LogP contribution in [-0.2, 0) is 23.9 Å². The molecule has 4 aromatic rings. The molecule has 4 aromatic carbocycles. The van der Waals surface area contributed by atoms with Crippen molar-refractivity contribution in [2.75, 3.05) is 11.9 Å². The van der Waals surface area contributed by atoms with E-state index in [1.807, 2.05) is 61.5 Å². The SMILES string of the molecule is Cc1ccc(S(=O)(=O)OS(=O)(=O)CCC[P+](c2ccccc2)(c2ccccc2)c2ccccc2)cc1. The van der Waals surface area contributed by atoms with Crippen LogP contribution in [0.4, 0.5) is 0 Å². The van der Waals surface area contributed by atoms with Crippen molar-refractivity contribution in [3.05, 3.63) is 121 Å². The van der Waals surface area contributed by atoms with Crippen LogP contribution in [0.5, 0.6) is 0 Å². The molecule has 0 fully saturated rings. The number of hydrogen-bond donors (Lipinski definition) is 0. The highest BCUT2D eigenvalue weighted by molar-refractivity contribution is 8.00. The molecule has 0 aliphatic rings. The van der Waals surface area contributed by atoms with E-state index in [1.165, 1.54) is 12.1 Å². The van der Waals surface area contributed by atoms with Gasteiger partial charge in [-0.3, -0.25) is 0 Å². The minimum Gasteiger partial charge on any atom is -0.198 e. The van der Waals surface area contributed by atoms with E-state index in [-0.39, 0.29) is 11.3 Å². The van der Waals surface area contributed by atoms with E-state index in [4.69, 9.17) is 3.63 Å². The van der Waals surface area contributed by atoms with Gasteiger partial charge in [-0.2, -0.15) is 16.8 Å². The Morgan fingerprint density at radius 2 is 1.03 bits per heavy atom. The summed E-state index contributed by atoms with van der Waals surface area (Å²) in [6.07, 6.45) is 0.774. The lowest BCUT2D eigenvalue weighted by Crippen LogP contribution is -2.34. The fourth-order valence-corrected chi connectivity index (χ4v) is 11.5. The molecule has 0 saturated carbocycles. The van der Waals surface area contributed by atoms with Crippen LogP contribution < -0.4 is 15.9 Å². The van der Waals surface area contributed by atoms with Gasteiger partial charge in [0.25, 0.3) is 10.1 Å². The van der Waals surface area contributed by atoms with Crippen molar-refractivity contribution in [1.29, 1.82) is 0 Å². The van der Waals surface area contributed by atoms with Gasteiger partial charge in [-0.05, 0) is 61.9 Å². The summed E-state index contributed by atoms with van der Waals surface area (Å²) in [5.74, 6) is -0.410. The third-order valence-corrected chi connectivity index (χ3v) is 13.7. The summed E-state index contributed by atoms with van der Waals surface area (Å²) < 4.78 is 55.5. The molecule has 186 valence electrons. The maximum atomic E-state index is 12.8. The van der Waals surface area contributed by atoms with Gasteiger partial charge in [0.1, 0.15) is 23.2 Å². The van der Waals surface area contributed by atoms with Crippen molar-refractivity contribution in [3.8, 4) is 0 Å². The molecule has 0 unspecified atom stereocenters. The highest BCUT2D eigenvalue weighted by atomic mass is 32.3. The lowest BCUT2D eigenvalue weighted by atomic mass is 10.2. The van der Waals surface area contributed by atoms with Gasteiger partial charge in [-0.15, -0.1) is 3.63 Å². The molecule has 0 radical (unpaired) electrons. The average Bonchev–Trinajstić information content (AvgIpc) is 2.88. The number of benzene rings is 4. The van der Waals surface area contributed by atoms with Crippen molar-refractivity contribution in [2.24, 2.45) is 0 Å². The predicted octanol–water partition coefficient (Wildman–Crippen LogP) is 4.41. The van der Waals surface area contributed by atoms with Gasteiger partial charge in [0.15, 0.2) is 0 Å². The summed E-state index contributed by atoms with van der Waals surface area (Å²) in [6, 6.07) is 36.2. The van der Waals surface area contributed by atoms with Crippen LogP contribution in [0.25, 0.3) is 0 Å². The summed E-state index contributed by atoms with van der Waals surface area (Å²) >= 11 is 0. The number of aryl methyl sites for hydroxylation is 1. The molecular weight excluding hydrogens is 511 g/mol. The van der Waals surface area contributed by atoms with Gasteiger partial charge in [0.05, 0.1) is 16.8 Å². The predicted molar refractivity (Wildman–Crippen MR) is 148 cm³/mol. The molecule has 0 heterocycles. The molecular formula is C28H28O5PS2+. The average molecular weight is 540 g/mol. The van der Waals surface area contributed by atoms with Crippen molar-refractivity contribution >= 4 is 43.4 Å². The van der Waals surface area contributed by atoms with Gasteiger partial charge < -0.3 is 0 Å². The topological polar surface area (TPSA) is 77.5 Å². The van der Waals surface area contributed by atoms with Crippen LogP contribution in [-0.4, -0.2) is 28.8 Å². The first-order valence-corrected chi connectivity index (χ1v) is 16.5. The Bertz CT molecular complexity index is 1390. The van der Waals surface area contributed by atoms with E-state index in [1.54, 1.807) is 12.1 Å². The van der Waals surface area contributed by atoms with Gasteiger partial charge in [0, 0.05) is 0 Å². The van der Waals surface area contributed by atoms with Gasteiger partial charge in [0.2, 0.25) is 0 Å². The Labute approximate surface area is 214 Å². The third kappa shape index (κ3) is 5.93. The normalized spacial score (nSPS) is 12.4. The fourth-order valence-electron chi connectivity index (χ4n) is 4.28. The van der Waals surface area contributed by atoms with Gasteiger partial charge >= 0.3 is 10.1 Å². The first kappa shape index (κ1) is 26.2. The van der Waals surface area contributed by atoms with Crippen molar-refractivity contribution in [3.63, 3.8) is 0 Å². The second-order valence-corrected chi connectivity index (χ2v) is 15.6. The monoisotopic (exact) mass is 539 g/mol. The molecule has 0 aromatic heterocycles. The number of rotatable bonds is 10. The van der Waals surface area contributed by atoms with E-state index >= 15 is 0 Å². The maximum absolute atomic E-state index is 12.8. The molecule has 0 bridgehead atoms. The van der Waals surface area contributed by atoms with Crippen LogP contribution in [0.1, 0.15) is 12.0 Å². The van der Waals surface area contributed by atoms with Crippen LogP contribution in [0.3, 0.4) is 0 Å². The molecule has 0 atom stereocenters. The second-order valence-electron chi connectivity index (χ2n) is 8.49. The van der Waals surface area contributed by atoms with Crippen LogP contribution in [0.2, 0.25) is 0 Å². The summed E-state index contributed by atoms with van der Waals surface area (Å²) in [6.45, 7) is 1.82. The summed E-state index contributed by atoms with van der Waals surface area (Å²) in [5.41, 5.74) is 0.861. The van der Waals surface area contributed by atoms with Gasteiger partial charge in [-0.1, -0.05) is 72.3 Å². The first-order valence-electron chi connectivity index (χ1n) is 11.5. The molecule has 0 amide bonds. The first-order chi connectivity index (χ1) is 17.2. The summed E-state index contributed by atoms with van der Waals surface area (Å²) in [5, 5.41) is 3.40. The number of hydrogen-bond acceptors (Lipinski definition) is 5. The van der Waals surface area contributed by atoms with Gasteiger partial charge in [-0.25, -0.2) is 0 Å². The molecule has 4 rings (SSSR count). The minimum atomic E-state index is -4.44. The standard InChI is InChI=1S/C28H28O5PS2/c1-24-18-20-28(21-19-24)36(31,32)33-35(29,30)23-11-22-34(25-12-5-2-6-13-25,26-14-7-3-8-15-26)27-16-9-4-10-17-27/h2-10,12-21H,11,22-23H2,1H3/q+1. The Morgan fingerprint density at radius 1 is 0.611 bits per heavy atom. The maximum Gasteiger partial charge on any atom is 0.311 e. The summed E-state index contributed by atoms with van der Waals surface area (Å²) in [4.78, 5) is -0.184. The van der Waals surface area contributed by atoms with Crippen LogP contribution >= 0.6 is 7.26 Å². The van der Waals surface area contributed by atoms with Crippen molar-refractivity contribution in [2.45, 2.75) is 18.2 Å². The Morgan fingerprint density at radius 3 is 1.44 bits per heavy atom. The zero-order valence-electron chi connectivity index (χ0n) is 19.9. The van der Waals surface area contributed by atoms with Crippen LogP contribution in [0, 0.1) is 6.92 Å².